The van der Waals surface area contributed by atoms with Gasteiger partial charge in [0.15, 0.2) is 0 Å². The zero-order valence-electron chi connectivity index (χ0n) is 22.1. The van der Waals surface area contributed by atoms with Gasteiger partial charge in [0, 0.05) is 41.6 Å². The molecule has 0 fully saturated rings. The van der Waals surface area contributed by atoms with E-state index in [0.717, 1.165) is 30.7 Å². The summed E-state index contributed by atoms with van der Waals surface area (Å²) in [5.74, 6) is 0. The van der Waals surface area contributed by atoms with Gasteiger partial charge in [-0.2, -0.15) is 0 Å². The largest absolute Gasteiger partial charge is 0.388 e. The molecule has 0 radical (unpaired) electrons. The highest BCUT2D eigenvalue weighted by Crippen LogP contribution is 2.47. The summed E-state index contributed by atoms with van der Waals surface area (Å²) >= 11 is 6.95. The number of para-hydroxylation sites is 2. The molecule has 4 rings (SSSR count). The number of fused-ring (bicyclic) bond motifs is 1. The molecule has 1 heterocycles. The summed E-state index contributed by atoms with van der Waals surface area (Å²) in [6.45, 7) is 9.22. The first-order valence-electron chi connectivity index (χ1n) is 12.7. The molecule has 35 heavy (non-hydrogen) atoms. The molecule has 0 bridgehead atoms. The van der Waals surface area contributed by atoms with Gasteiger partial charge in [0.25, 0.3) is 0 Å². The first kappa shape index (κ1) is 25.4. The van der Waals surface area contributed by atoms with Crippen LogP contribution in [-0.4, -0.2) is 14.1 Å². The maximum absolute atomic E-state index is 6.95. The van der Waals surface area contributed by atoms with Gasteiger partial charge in [-0.05, 0) is 71.6 Å². The van der Waals surface area contributed by atoms with Crippen LogP contribution in [-0.2, 0) is 10.8 Å². The number of nitrogens with zero attached hydrogens (tertiary/aromatic N) is 1. The zero-order valence-corrected chi connectivity index (χ0v) is 22.8. The predicted molar refractivity (Wildman–Crippen MR) is 154 cm³/mol. The van der Waals surface area contributed by atoms with Crippen molar-refractivity contribution >= 4 is 23.0 Å². The summed E-state index contributed by atoms with van der Waals surface area (Å²) in [6, 6.07) is 17.3. The molecule has 0 saturated carbocycles. The average molecular weight is 487 g/mol. The van der Waals surface area contributed by atoms with Crippen molar-refractivity contribution in [1.82, 2.24) is 0 Å². The van der Waals surface area contributed by atoms with E-state index in [2.05, 4.69) is 118 Å². The average Bonchev–Trinajstić information content (AvgIpc) is 3.04. The third kappa shape index (κ3) is 5.00. The lowest BCUT2D eigenvalue weighted by atomic mass is 9.80. The van der Waals surface area contributed by atoms with Crippen molar-refractivity contribution in [3.63, 3.8) is 0 Å². The van der Waals surface area contributed by atoms with Gasteiger partial charge < -0.3 is 10.2 Å². The van der Waals surface area contributed by atoms with Gasteiger partial charge in [-0.25, -0.2) is 0 Å². The Balaban J connectivity index is 1.55. The van der Waals surface area contributed by atoms with E-state index in [4.69, 9.17) is 11.6 Å². The highest BCUT2D eigenvalue weighted by atomic mass is 35.5. The number of benzene rings is 2. The van der Waals surface area contributed by atoms with Crippen molar-refractivity contribution in [3.8, 4) is 0 Å². The molecule has 2 aromatic rings. The van der Waals surface area contributed by atoms with Crippen molar-refractivity contribution in [3.05, 3.63) is 106 Å². The first-order chi connectivity index (χ1) is 16.7. The van der Waals surface area contributed by atoms with Crippen molar-refractivity contribution in [2.45, 2.75) is 64.2 Å². The minimum absolute atomic E-state index is 0.0226. The molecule has 2 aliphatic rings. The van der Waals surface area contributed by atoms with Gasteiger partial charge in [0.05, 0.1) is 0 Å². The minimum atomic E-state index is -0.0226. The van der Waals surface area contributed by atoms with Crippen LogP contribution in [0.4, 0.5) is 11.4 Å². The molecule has 2 aromatic carbocycles. The number of rotatable bonds is 6. The molecular weight excluding hydrogens is 448 g/mol. The first-order valence-corrected chi connectivity index (χ1v) is 13.1. The molecule has 1 aliphatic heterocycles. The van der Waals surface area contributed by atoms with E-state index in [0.29, 0.717) is 0 Å². The van der Waals surface area contributed by atoms with E-state index < -0.39 is 0 Å². The summed E-state index contributed by atoms with van der Waals surface area (Å²) in [5.41, 5.74) is 9.02. The van der Waals surface area contributed by atoms with Crippen LogP contribution in [0.15, 0.2) is 94.7 Å². The maximum Gasteiger partial charge on any atom is 0.0469 e. The van der Waals surface area contributed by atoms with Crippen molar-refractivity contribution in [2.75, 3.05) is 24.3 Å². The SMILES string of the molecule is CNc1ccccc1C(C)(C)C/C=C/C1=C(Cl)C(=C/C=C2/N(C)c3ccccc3C2(C)C)/CCC1. The molecule has 0 aromatic heterocycles. The fourth-order valence-electron chi connectivity index (χ4n) is 5.59. The third-order valence-corrected chi connectivity index (χ3v) is 8.20. The van der Waals surface area contributed by atoms with Crippen molar-refractivity contribution < 1.29 is 0 Å². The summed E-state index contributed by atoms with van der Waals surface area (Å²) in [4.78, 5) is 2.32. The van der Waals surface area contributed by atoms with Gasteiger partial charge in [-0.15, -0.1) is 0 Å². The Morgan fingerprint density at radius 3 is 2.49 bits per heavy atom. The number of hydrogen-bond acceptors (Lipinski definition) is 2. The minimum Gasteiger partial charge on any atom is -0.388 e. The van der Waals surface area contributed by atoms with Crippen LogP contribution in [0, 0.1) is 0 Å². The molecule has 0 spiro atoms. The highest BCUT2D eigenvalue weighted by Gasteiger charge is 2.37. The molecule has 0 amide bonds. The van der Waals surface area contributed by atoms with Crippen molar-refractivity contribution in [2.24, 2.45) is 0 Å². The van der Waals surface area contributed by atoms with Crippen molar-refractivity contribution in [1.29, 1.82) is 0 Å². The topological polar surface area (TPSA) is 15.3 Å². The fourth-order valence-corrected chi connectivity index (χ4v) is 5.90. The van der Waals surface area contributed by atoms with Crippen LogP contribution in [0.1, 0.15) is 64.5 Å². The molecule has 2 nitrogen and oxygen atoms in total. The Bertz CT molecular complexity index is 1210. The van der Waals surface area contributed by atoms with Gasteiger partial charge in [-0.3, -0.25) is 0 Å². The Hall–Kier alpha value is -2.71. The van der Waals surface area contributed by atoms with Crippen LogP contribution in [0.5, 0.6) is 0 Å². The number of likely N-dealkylation sites (N-methyl/N-ethyl adjacent to an activating group) is 1. The molecule has 0 atom stereocenters. The van der Waals surface area contributed by atoms with E-state index in [-0.39, 0.29) is 10.8 Å². The quantitative estimate of drug-likeness (QED) is 0.438. The normalized spacial score (nSPS) is 20.3. The summed E-state index contributed by atoms with van der Waals surface area (Å²) in [6.07, 6.45) is 13.2. The fraction of sp³-hybridized carbons (Fsp3) is 0.375. The summed E-state index contributed by atoms with van der Waals surface area (Å²) in [7, 11) is 4.15. The molecule has 3 heteroatoms. The van der Waals surface area contributed by atoms with Crippen LogP contribution >= 0.6 is 11.6 Å². The molecule has 184 valence electrons. The van der Waals surface area contributed by atoms with Gasteiger partial charge >= 0.3 is 0 Å². The smallest absolute Gasteiger partial charge is 0.0469 e. The second-order valence-corrected chi connectivity index (χ2v) is 11.3. The zero-order chi connectivity index (χ0) is 25.2. The number of anilines is 2. The number of hydrogen-bond donors (Lipinski definition) is 1. The second kappa shape index (κ2) is 10.1. The molecular formula is C32H39ClN2. The Kier molecular flexibility index (Phi) is 7.33. The number of halogens is 1. The molecule has 0 saturated heterocycles. The highest BCUT2D eigenvalue weighted by molar-refractivity contribution is 6.32. The lowest BCUT2D eigenvalue weighted by Gasteiger charge is -2.26. The Labute approximate surface area is 217 Å². The Morgan fingerprint density at radius 1 is 1.03 bits per heavy atom. The van der Waals surface area contributed by atoms with E-state index in [9.17, 15) is 0 Å². The van der Waals surface area contributed by atoms with E-state index >= 15 is 0 Å². The van der Waals surface area contributed by atoms with E-state index in [1.54, 1.807) is 0 Å². The lowest BCUT2D eigenvalue weighted by Crippen LogP contribution is -2.22. The summed E-state index contributed by atoms with van der Waals surface area (Å²) < 4.78 is 0. The van der Waals surface area contributed by atoms with E-state index in [1.165, 1.54) is 39.3 Å². The summed E-state index contributed by atoms with van der Waals surface area (Å²) in [5, 5.41) is 4.26. The second-order valence-electron chi connectivity index (χ2n) is 10.9. The van der Waals surface area contributed by atoms with Crippen LogP contribution in [0.3, 0.4) is 0 Å². The monoisotopic (exact) mass is 486 g/mol. The maximum atomic E-state index is 6.95. The third-order valence-electron chi connectivity index (χ3n) is 7.71. The van der Waals surface area contributed by atoms with Crippen LogP contribution in [0.25, 0.3) is 0 Å². The van der Waals surface area contributed by atoms with E-state index in [1.807, 2.05) is 7.05 Å². The van der Waals surface area contributed by atoms with Gasteiger partial charge in [0.1, 0.15) is 0 Å². The number of nitrogens with one attached hydrogen (secondary N) is 1. The molecule has 1 aliphatic carbocycles. The van der Waals surface area contributed by atoms with Crippen LogP contribution in [0.2, 0.25) is 0 Å². The molecule has 0 unspecified atom stereocenters. The van der Waals surface area contributed by atoms with Gasteiger partial charge in [-0.1, -0.05) is 93.9 Å². The molecule has 1 N–H and O–H groups in total. The van der Waals surface area contributed by atoms with Gasteiger partial charge in [0.2, 0.25) is 0 Å². The Morgan fingerprint density at radius 2 is 1.74 bits per heavy atom. The standard InChI is InChI=1S/C32H39ClN2/c1-31(2,25-16-7-9-18-27(25)34-5)22-12-15-23-13-11-14-24(30(23)33)20-21-29-32(3,4)26-17-8-10-19-28(26)35(29)6/h7-10,12,15-21,34H,11,13-14,22H2,1-6H3/b15-12+,24-20+,29-21+. The number of allylic oxidation sites excluding steroid dienone is 8. The van der Waals surface area contributed by atoms with Crippen LogP contribution < -0.4 is 10.2 Å². The predicted octanol–water partition coefficient (Wildman–Crippen LogP) is 8.87. The lowest BCUT2D eigenvalue weighted by molar-refractivity contribution is 0.535.